The second kappa shape index (κ2) is 6.67. The van der Waals surface area contributed by atoms with Gasteiger partial charge in [-0.3, -0.25) is 14.5 Å². The van der Waals surface area contributed by atoms with E-state index in [4.69, 9.17) is 0 Å². The number of carbonyl (C=O) groups is 2. The lowest BCUT2D eigenvalue weighted by atomic mass is 10.1. The van der Waals surface area contributed by atoms with E-state index in [2.05, 4.69) is 4.98 Å². The fourth-order valence-corrected chi connectivity index (χ4v) is 3.38. The van der Waals surface area contributed by atoms with Crippen molar-refractivity contribution in [1.29, 1.82) is 5.26 Å². The highest BCUT2D eigenvalue weighted by Gasteiger charge is 2.30. The number of fused-ring (bicyclic) bond motifs is 1. The molecule has 2 heterocycles. The number of carbonyl (C=O) groups excluding carboxylic acids is 2. The van der Waals surface area contributed by atoms with Gasteiger partial charge in [-0.2, -0.15) is 5.26 Å². The molecule has 0 unspecified atom stereocenters. The summed E-state index contributed by atoms with van der Waals surface area (Å²) in [6, 6.07) is 15.8. The van der Waals surface area contributed by atoms with Gasteiger partial charge in [-0.05, 0) is 24.3 Å². The molecule has 3 aromatic rings. The van der Waals surface area contributed by atoms with Gasteiger partial charge in [0.05, 0.1) is 16.7 Å². The van der Waals surface area contributed by atoms with Crippen LogP contribution in [0.25, 0.3) is 22.4 Å². The molecule has 138 valence electrons. The van der Waals surface area contributed by atoms with Crippen molar-refractivity contribution in [2.45, 2.75) is 12.8 Å². The van der Waals surface area contributed by atoms with Gasteiger partial charge in [0, 0.05) is 25.5 Å². The summed E-state index contributed by atoms with van der Waals surface area (Å²) in [6.45, 7) is 0. The number of nitriles is 1. The predicted octanol–water partition coefficient (Wildman–Crippen LogP) is 3.18. The minimum absolute atomic E-state index is 0.00919. The van der Waals surface area contributed by atoms with Crippen LogP contribution in [0.4, 0.5) is 5.69 Å². The Labute approximate surface area is 160 Å². The lowest BCUT2D eigenvalue weighted by Crippen LogP contribution is -2.28. The van der Waals surface area contributed by atoms with Crippen molar-refractivity contribution in [2.75, 3.05) is 4.90 Å². The number of aliphatic hydroxyl groups excluding tert-OH is 1. The van der Waals surface area contributed by atoms with Crippen LogP contribution in [0, 0.1) is 11.3 Å². The molecule has 0 spiro atoms. The number of aliphatic hydroxyl groups is 1. The molecule has 1 aliphatic heterocycles. The third-order valence-corrected chi connectivity index (χ3v) is 4.79. The Hall–Kier alpha value is -3.92. The number of amides is 2. The summed E-state index contributed by atoms with van der Waals surface area (Å²) in [6.07, 6.45) is 0.350. The number of anilines is 1. The van der Waals surface area contributed by atoms with E-state index in [1.165, 1.54) is 6.07 Å². The molecule has 1 fully saturated rings. The highest BCUT2D eigenvalue weighted by atomic mass is 16.3. The summed E-state index contributed by atoms with van der Waals surface area (Å²) < 4.78 is 1.74. The fraction of sp³-hybridized carbons (Fsp3) is 0.143. The summed E-state index contributed by atoms with van der Waals surface area (Å²) in [5.41, 5.74) is 2.25. The first-order valence-electron chi connectivity index (χ1n) is 8.72. The fourth-order valence-electron chi connectivity index (χ4n) is 3.38. The van der Waals surface area contributed by atoms with Gasteiger partial charge in [0.1, 0.15) is 17.4 Å². The summed E-state index contributed by atoms with van der Waals surface area (Å²) in [5, 5.41) is 20.5. The van der Waals surface area contributed by atoms with Gasteiger partial charge in [-0.15, -0.1) is 0 Å². The lowest BCUT2D eigenvalue weighted by Gasteiger charge is -2.15. The standard InChI is InChI=1S/C21H16N4O3/c1-24-17-8-3-2-7-16(17)23-21(24)15(12-22)20(28)13-5-4-6-14(11-13)25-18(26)9-10-19(25)27/h2-8,11,28H,9-10H2,1H3/b20-15-. The number of imidazole rings is 1. The Morgan fingerprint density at radius 2 is 1.82 bits per heavy atom. The van der Waals surface area contributed by atoms with Crippen LogP contribution in [0.3, 0.4) is 0 Å². The quantitative estimate of drug-likeness (QED) is 0.432. The molecule has 0 bridgehead atoms. The van der Waals surface area contributed by atoms with Gasteiger partial charge >= 0.3 is 0 Å². The van der Waals surface area contributed by atoms with Crippen LogP contribution in [0.15, 0.2) is 48.5 Å². The van der Waals surface area contributed by atoms with Crippen LogP contribution in [-0.4, -0.2) is 26.5 Å². The minimum Gasteiger partial charge on any atom is -0.506 e. The van der Waals surface area contributed by atoms with Gasteiger partial charge in [-0.1, -0.05) is 24.3 Å². The average molecular weight is 372 g/mol. The highest BCUT2D eigenvalue weighted by Crippen LogP contribution is 2.29. The largest absolute Gasteiger partial charge is 0.506 e. The molecule has 0 atom stereocenters. The zero-order chi connectivity index (χ0) is 19.8. The molecular weight excluding hydrogens is 356 g/mol. The molecule has 7 heteroatoms. The molecule has 4 rings (SSSR count). The molecule has 2 amide bonds. The van der Waals surface area contributed by atoms with Crippen molar-refractivity contribution >= 4 is 39.9 Å². The Morgan fingerprint density at radius 1 is 1.11 bits per heavy atom. The number of aryl methyl sites for hydroxylation is 1. The maximum atomic E-state index is 12.0. The molecule has 1 saturated heterocycles. The van der Waals surface area contributed by atoms with Crippen molar-refractivity contribution in [1.82, 2.24) is 9.55 Å². The first-order chi connectivity index (χ1) is 13.5. The number of allylic oxidation sites excluding steroid dienone is 1. The first-order valence-corrected chi connectivity index (χ1v) is 8.72. The maximum Gasteiger partial charge on any atom is 0.234 e. The molecule has 0 radical (unpaired) electrons. The number of hydrogen-bond acceptors (Lipinski definition) is 5. The SMILES string of the molecule is Cn1c(/C(C#N)=C(\O)c2cccc(N3C(=O)CCC3=O)c2)nc2ccccc21. The smallest absolute Gasteiger partial charge is 0.234 e. The van der Waals surface area contributed by atoms with Crippen molar-refractivity contribution < 1.29 is 14.7 Å². The third-order valence-electron chi connectivity index (χ3n) is 4.79. The van der Waals surface area contributed by atoms with E-state index in [9.17, 15) is 20.0 Å². The molecule has 28 heavy (non-hydrogen) atoms. The van der Waals surface area contributed by atoms with Gasteiger partial charge < -0.3 is 9.67 Å². The zero-order valence-electron chi connectivity index (χ0n) is 15.1. The van der Waals surface area contributed by atoms with Gasteiger partial charge in [-0.25, -0.2) is 4.98 Å². The van der Waals surface area contributed by atoms with Crippen LogP contribution in [-0.2, 0) is 16.6 Å². The van der Waals surface area contributed by atoms with Gasteiger partial charge in [0.2, 0.25) is 11.8 Å². The zero-order valence-corrected chi connectivity index (χ0v) is 15.1. The average Bonchev–Trinajstić information content (AvgIpc) is 3.22. The van der Waals surface area contributed by atoms with E-state index in [0.717, 1.165) is 10.4 Å². The Bertz CT molecular complexity index is 1180. The number of hydrogen-bond donors (Lipinski definition) is 1. The third kappa shape index (κ3) is 2.72. The topological polar surface area (TPSA) is 99.2 Å². The first kappa shape index (κ1) is 17.5. The van der Waals surface area contributed by atoms with Gasteiger partial charge in [0.15, 0.2) is 5.82 Å². The summed E-state index contributed by atoms with van der Waals surface area (Å²) in [5.74, 6) is -0.482. The Balaban J connectivity index is 1.83. The molecule has 1 aliphatic rings. The number of rotatable bonds is 3. The lowest BCUT2D eigenvalue weighted by molar-refractivity contribution is -0.121. The second-order valence-corrected chi connectivity index (χ2v) is 6.49. The van der Waals surface area contributed by atoms with Gasteiger partial charge in [0.25, 0.3) is 0 Å². The Kier molecular flexibility index (Phi) is 4.17. The van der Waals surface area contributed by atoms with Crippen molar-refractivity contribution in [3.8, 4) is 6.07 Å². The van der Waals surface area contributed by atoms with Crippen LogP contribution in [0.2, 0.25) is 0 Å². The number of benzene rings is 2. The summed E-state index contributed by atoms with van der Waals surface area (Å²) in [7, 11) is 1.77. The number of para-hydroxylation sites is 2. The number of nitrogens with zero attached hydrogens (tertiary/aromatic N) is 4. The van der Waals surface area contributed by atoms with E-state index in [0.29, 0.717) is 22.6 Å². The van der Waals surface area contributed by atoms with Crippen molar-refractivity contribution in [2.24, 2.45) is 7.05 Å². The van der Waals surface area contributed by atoms with E-state index in [1.807, 2.05) is 30.3 Å². The number of imide groups is 1. The molecule has 0 aliphatic carbocycles. The highest BCUT2D eigenvalue weighted by molar-refractivity contribution is 6.20. The maximum absolute atomic E-state index is 12.0. The molecule has 1 aromatic heterocycles. The van der Waals surface area contributed by atoms with Crippen molar-refractivity contribution in [3.63, 3.8) is 0 Å². The second-order valence-electron chi connectivity index (χ2n) is 6.49. The summed E-state index contributed by atoms with van der Waals surface area (Å²) in [4.78, 5) is 29.5. The molecule has 7 nitrogen and oxygen atoms in total. The summed E-state index contributed by atoms with van der Waals surface area (Å²) >= 11 is 0. The minimum atomic E-state index is -0.276. The van der Waals surface area contributed by atoms with Crippen molar-refractivity contribution in [3.05, 3.63) is 59.9 Å². The molecular formula is C21H16N4O3. The van der Waals surface area contributed by atoms with E-state index >= 15 is 0 Å². The van der Waals surface area contributed by atoms with Crippen LogP contribution in [0.1, 0.15) is 24.2 Å². The van der Waals surface area contributed by atoms with E-state index in [1.54, 1.807) is 29.8 Å². The van der Waals surface area contributed by atoms with Crippen LogP contribution >= 0.6 is 0 Å². The molecule has 1 N–H and O–H groups in total. The number of aromatic nitrogens is 2. The Morgan fingerprint density at radius 3 is 2.50 bits per heavy atom. The van der Waals surface area contributed by atoms with Crippen LogP contribution in [0.5, 0.6) is 0 Å². The van der Waals surface area contributed by atoms with E-state index in [-0.39, 0.29) is 36.0 Å². The molecule has 2 aromatic carbocycles. The normalized spacial score (nSPS) is 15.1. The van der Waals surface area contributed by atoms with Crippen LogP contribution < -0.4 is 4.90 Å². The van der Waals surface area contributed by atoms with E-state index < -0.39 is 0 Å². The molecule has 0 saturated carbocycles. The predicted molar refractivity (Wildman–Crippen MR) is 104 cm³/mol. The monoisotopic (exact) mass is 372 g/mol.